The Balaban J connectivity index is 1.46. The summed E-state index contributed by atoms with van der Waals surface area (Å²) in [7, 11) is 0. The summed E-state index contributed by atoms with van der Waals surface area (Å²) in [6.45, 7) is 1.77. The lowest BCUT2D eigenvalue weighted by molar-refractivity contribution is -0.142. The number of carbonyl (C=O) groups is 3. The second kappa shape index (κ2) is 6.02. The Morgan fingerprint density at radius 3 is 2.52 bits per heavy atom. The highest BCUT2D eigenvalue weighted by Gasteiger charge is 2.48. The smallest absolute Gasteiger partial charge is 0.244 e. The third-order valence-corrected chi connectivity index (χ3v) is 5.27. The number of benzene rings is 1. The van der Waals surface area contributed by atoms with Gasteiger partial charge < -0.3 is 10.3 Å². The summed E-state index contributed by atoms with van der Waals surface area (Å²) in [6.07, 6.45) is 3.49. The molecule has 25 heavy (non-hydrogen) atoms. The summed E-state index contributed by atoms with van der Waals surface area (Å²) in [6, 6.07) is 7.59. The Morgan fingerprint density at radius 1 is 1.16 bits per heavy atom. The van der Waals surface area contributed by atoms with Crippen molar-refractivity contribution in [2.75, 3.05) is 11.9 Å². The van der Waals surface area contributed by atoms with E-state index in [2.05, 4.69) is 10.3 Å². The van der Waals surface area contributed by atoms with Gasteiger partial charge in [0.05, 0.1) is 11.8 Å². The minimum absolute atomic E-state index is 0.179. The van der Waals surface area contributed by atoms with Crippen LogP contribution in [0.25, 0.3) is 10.9 Å². The minimum atomic E-state index is -0.341. The van der Waals surface area contributed by atoms with Gasteiger partial charge in [0.25, 0.3) is 0 Å². The van der Waals surface area contributed by atoms with Crippen molar-refractivity contribution in [1.82, 2.24) is 9.88 Å². The largest absolute Gasteiger partial charge is 0.359 e. The maximum Gasteiger partial charge on any atom is 0.244 e. The second-order valence-electron chi connectivity index (χ2n) is 7.06. The van der Waals surface area contributed by atoms with Gasteiger partial charge in [-0.15, -0.1) is 0 Å². The molecule has 4 rings (SSSR count). The highest BCUT2D eigenvalue weighted by molar-refractivity contribution is 6.08. The molecule has 1 aliphatic heterocycles. The van der Waals surface area contributed by atoms with E-state index in [0.29, 0.717) is 5.69 Å². The molecule has 130 valence electrons. The van der Waals surface area contributed by atoms with Crippen LogP contribution in [0.5, 0.6) is 0 Å². The van der Waals surface area contributed by atoms with E-state index in [-0.39, 0.29) is 36.1 Å². The van der Waals surface area contributed by atoms with Crippen molar-refractivity contribution in [3.05, 3.63) is 30.0 Å². The zero-order valence-electron chi connectivity index (χ0n) is 14.2. The SMILES string of the molecule is Cc1cc2cc(NC(=O)CN3C(=O)[C@H]4CCCC[C@@H]4C3=O)ccc2[nH]1. The number of carbonyl (C=O) groups excluding carboxylic acids is 3. The molecule has 2 aromatic rings. The van der Waals surface area contributed by atoms with Crippen LogP contribution < -0.4 is 5.32 Å². The third kappa shape index (κ3) is 2.81. The molecule has 0 radical (unpaired) electrons. The predicted molar refractivity (Wildman–Crippen MR) is 93.8 cm³/mol. The lowest BCUT2D eigenvalue weighted by atomic mass is 9.81. The van der Waals surface area contributed by atoms with Crippen LogP contribution in [0.15, 0.2) is 24.3 Å². The van der Waals surface area contributed by atoms with E-state index in [4.69, 9.17) is 0 Å². The highest BCUT2D eigenvalue weighted by Crippen LogP contribution is 2.37. The summed E-state index contributed by atoms with van der Waals surface area (Å²) in [5.74, 6) is -1.13. The first-order valence-electron chi connectivity index (χ1n) is 8.77. The van der Waals surface area contributed by atoms with E-state index < -0.39 is 0 Å². The predicted octanol–water partition coefficient (Wildman–Crippen LogP) is 2.59. The van der Waals surface area contributed by atoms with Gasteiger partial charge >= 0.3 is 0 Å². The maximum absolute atomic E-state index is 12.4. The number of amides is 3. The summed E-state index contributed by atoms with van der Waals surface area (Å²) in [4.78, 5) is 41.6. The number of rotatable bonds is 3. The number of nitrogens with one attached hydrogen (secondary N) is 2. The molecular formula is C19H21N3O3. The fourth-order valence-electron chi connectivity index (χ4n) is 4.09. The number of nitrogens with zero attached hydrogens (tertiary/aromatic N) is 1. The summed E-state index contributed by atoms with van der Waals surface area (Å²) in [5.41, 5.74) is 2.71. The Morgan fingerprint density at radius 2 is 1.84 bits per heavy atom. The van der Waals surface area contributed by atoms with Crippen molar-refractivity contribution in [1.29, 1.82) is 0 Å². The Bertz CT molecular complexity index is 846. The quantitative estimate of drug-likeness (QED) is 0.843. The van der Waals surface area contributed by atoms with Gasteiger partial charge in [0.2, 0.25) is 17.7 Å². The van der Waals surface area contributed by atoms with Crippen LogP contribution in [-0.2, 0) is 14.4 Å². The van der Waals surface area contributed by atoms with Gasteiger partial charge in [0.15, 0.2) is 0 Å². The number of aromatic amines is 1. The van der Waals surface area contributed by atoms with E-state index in [1.54, 1.807) is 0 Å². The number of fused-ring (bicyclic) bond motifs is 2. The molecule has 1 aliphatic carbocycles. The molecule has 1 saturated carbocycles. The molecule has 1 aromatic carbocycles. The number of hydrogen-bond donors (Lipinski definition) is 2. The van der Waals surface area contributed by atoms with Crippen LogP contribution in [0.3, 0.4) is 0 Å². The van der Waals surface area contributed by atoms with Crippen LogP contribution >= 0.6 is 0 Å². The van der Waals surface area contributed by atoms with E-state index in [0.717, 1.165) is 47.2 Å². The van der Waals surface area contributed by atoms with Crippen molar-refractivity contribution < 1.29 is 14.4 Å². The fourth-order valence-corrected chi connectivity index (χ4v) is 4.09. The summed E-state index contributed by atoms with van der Waals surface area (Å²) < 4.78 is 0. The molecule has 6 nitrogen and oxygen atoms in total. The lowest BCUT2D eigenvalue weighted by Gasteiger charge is -2.19. The van der Waals surface area contributed by atoms with E-state index in [1.165, 1.54) is 0 Å². The topological polar surface area (TPSA) is 82.3 Å². The number of anilines is 1. The van der Waals surface area contributed by atoms with Crippen molar-refractivity contribution in [3.63, 3.8) is 0 Å². The van der Waals surface area contributed by atoms with E-state index in [1.807, 2.05) is 31.2 Å². The molecule has 2 N–H and O–H groups in total. The van der Waals surface area contributed by atoms with Crippen LogP contribution in [-0.4, -0.2) is 34.2 Å². The minimum Gasteiger partial charge on any atom is -0.359 e. The molecule has 2 heterocycles. The first-order chi connectivity index (χ1) is 12.0. The Labute approximate surface area is 145 Å². The summed E-state index contributed by atoms with van der Waals surface area (Å²) >= 11 is 0. The third-order valence-electron chi connectivity index (χ3n) is 5.27. The van der Waals surface area contributed by atoms with Gasteiger partial charge in [-0.2, -0.15) is 0 Å². The van der Waals surface area contributed by atoms with Gasteiger partial charge in [0, 0.05) is 22.3 Å². The number of hydrogen-bond acceptors (Lipinski definition) is 3. The number of aryl methyl sites for hydroxylation is 1. The first kappa shape index (κ1) is 15.9. The normalized spacial score (nSPS) is 23.2. The van der Waals surface area contributed by atoms with Crippen molar-refractivity contribution in [2.24, 2.45) is 11.8 Å². The van der Waals surface area contributed by atoms with Crippen LogP contribution in [0, 0.1) is 18.8 Å². The Hall–Kier alpha value is -2.63. The molecule has 0 spiro atoms. The van der Waals surface area contributed by atoms with E-state index in [9.17, 15) is 14.4 Å². The molecule has 2 aliphatic rings. The molecule has 0 bridgehead atoms. The molecule has 2 atom stereocenters. The molecular weight excluding hydrogens is 318 g/mol. The average molecular weight is 339 g/mol. The van der Waals surface area contributed by atoms with Crippen LogP contribution in [0.4, 0.5) is 5.69 Å². The number of aromatic nitrogens is 1. The number of likely N-dealkylation sites (tertiary alicyclic amines) is 1. The molecule has 0 unspecified atom stereocenters. The maximum atomic E-state index is 12.4. The average Bonchev–Trinajstić information content (AvgIpc) is 3.07. The van der Waals surface area contributed by atoms with Crippen molar-refractivity contribution >= 4 is 34.3 Å². The fraction of sp³-hybridized carbons (Fsp3) is 0.421. The molecule has 6 heteroatoms. The van der Waals surface area contributed by atoms with Crippen LogP contribution in [0.2, 0.25) is 0 Å². The van der Waals surface area contributed by atoms with Crippen LogP contribution in [0.1, 0.15) is 31.4 Å². The van der Waals surface area contributed by atoms with E-state index >= 15 is 0 Å². The zero-order valence-corrected chi connectivity index (χ0v) is 14.2. The number of imide groups is 1. The van der Waals surface area contributed by atoms with Gasteiger partial charge in [-0.25, -0.2) is 0 Å². The van der Waals surface area contributed by atoms with Crippen molar-refractivity contribution in [2.45, 2.75) is 32.6 Å². The molecule has 3 amide bonds. The first-order valence-corrected chi connectivity index (χ1v) is 8.77. The monoisotopic (exact) mass is 339 g/mol. The summed E-state index contributed by atoms with van der Waals surface area (Å²) in [5, 5.41) is 3.80. The Kier molecular flexibility index (Phi) is 3.82. The lowest BCUT2D eigenvalue weighted by Crippen LogP contribution is -2.38. The zero-order chi connectivity index (χ0) is 17.6. The molecule has 2 fully saturated rings. The molecule has 1 saturated heterocycles. The standard InChI is InChI=1S/C19H21N3O3/c1-11-8-12-9-13(6-7-16(12)20-11)21-17(23)10-22-18(24)14-4-2-3-5-15(14)19(22)25/h6-9,14-15,20H,2-5,10H2,1H3,(H,21,23)/t14-,15-/m0/s1. The second-order valence-corrected chi connectivity index (χ2v) is 7.06. The van der Waals surface area contributed by atoms with Gasteiger partial charge in [0.1, 0.15) is 6.54 Å². The van der Waals surface area contributed by atoms with Gasteiger partial charge in [-0.05, 0) is 44.0 Å². The van der Waals surface area contributed by atoms with Gasteiger partial charge in [-0.3, -0.25) is 19.3 Å². The number of H-pyrrole nitrogens is 1. The molecule has 1 aromatic heterocycles. The van der Waals surface area contributed by atoms with Gasteiger partial charge in [-0.1, -0.05) is 12.8 Å². The highest BCUT2D eigenvalue weighted by atomic mass is 16.2. The van der Waals surface area contributed by atoms with Crippen molar-refractivity contribution in [3.8, 4) is 0 Å².